The number of hydrogen-bond donors (Lipinski definition) is 2. The summed E-state index contributed by atoms with van der Waals surface area (Å²) in [5.74, 6) is -0.372. The Morgan fingerprint density at radius 2 is 2.09 bits per heavy atom. The van der Waals surface area contributed by atoms with E-state index in [0.29, 0.717) is 5.56 Å². The molecule has 0 unspecified atom stereocenters. The van der Waals surface area contributed by atoms with Crippen LogP contribution in [0.4, 0.5) is 5.69 Å². The van der Waals surface area contributed by atoms with Gasteiger partial charge in [0.15, 0.2) is 5.65 Å². The molecule has 0 fully saturated rings. The summed E-state index contributed by atoms with van der Waals surface area (Å²) in [5, 5.41) is 33.6. The zero-order valence-corrected chi connectivity index (χ0v) is 11.6. The number of nitriles is 1. The van der Waals surface area contributed by atoms with Gasteiger partial charge in [0.2, 0.25) is 5.88 Å². The topological polar surface area (TPSA) is 137 Å². The number of nitrogens with zero attached hydrogens (tertiary/aromatic N) is 4. The monoisotopic (exact) mass is 311 g/mol. The van der Waals surface area contributed by atoms with Crippen molar-refractivity contribution in [1.82, 2.24) is 14.6 Å². The third-order valence-corrected chi connectivity index (χ3v) is 3.39. The number of fused-ring (bicyclic) bond motifs is 1. The molecule has 0 spiro atoms. The molecule has 1 aromatic carbocycles. The number of H-pyrrole nitrogens is 1. The molecule has 2 heterocycles. The molecule has 9 heteroatoms. The molecular formula is C14H9N5O4. The van der Waals surface area contributed by atoms with Crippen molar-refractivity contribution in [2.75, 3.05) is 0 Å². The van der Waals surface area contributed by atoms with E-state index in [4.69, 9.17) is 5.26 Å². The van der Waals surface area contributed by atoms with Gasteiger partial charge in [-0.05, 0) is 5.56 Å². The normalized spacial score (nSPS) is 10.6. The highest BCUT2D eigenvalue weighted by atomic mass is 16.6. The van der Waals surface area contributed by atoms with Gasteiger partial charge >= 0.3 is 0 Å². The molecule has 0 aliphatic rings. The van der Waals surface area contributed by atoms with Gasteiger partial charge in [0.1, 0.15) is 11.6 Å². The third-order valence-electron chi connectivity index (χ3n) is 3.39. The van der Waals surface area contributed by atoms with Crippen molar-refractivity contribution >= 4 is 11.3 Å². The summed E-state index contributed by atoms with van der Waals surface area (Å²) in [7, 11) is 0. The number of benzene rings is 1. The fourth-order valence-corrected chi connectivity index (χ4v) is 2.22. The first-order valence-electron chi connectivity index (χ1n) is 6.46. The molecule has 0 radical (unpaired) electrons. The number of nitro groups is 1. The molecule has 0 saturated carbocycles. The number of nitrogens with one attached hydrogen (secondary N) is 1. The van der Waals surface area contributed by atoms with Gasteiger partial charge < -0.3 is 10.1 Å². The SMILES string of the molecule is N#Cc1cnn2c(O)c(Cc3ccc([N+](=O)[O-])cc3)c(=O)[nH]c12. The van der Waals surface area contributed by atoms with Gasteiger partial charge in [0, 0.05) is 18.6 Å². The van der Waals surface area contributed by atoms with Crippen molar-refractivity contribution in [2.45, 2.75) is 6.42 Å². The maximum atomic E-state index is 12.1. The molecule has 3 aromatic rings. The van der Waals surface area contributed by atoms with Crippen LogP contribution in [0, 0.1) is 21.4 Å². The summed E-state index contributed by atoms with van der Waals surface area (Å²) < 4.78 is 1.07. The van der Waals surface area contributed by atoms with Crippen molar-refractivity contribution in [1.29, 1.82) is 5.26 Å². The van der Waals surface area contributed by atoms with Crippen LogP contribution < -0.4 is 5.56 Å². The average molecular weight is 311 g/mol. The second kappa shape index (κ2) is 5.27. The van der Waals surface area contributed by atoms with Crippen LogP contribution in [0.1, 0.15) is 16.7 Å². The number of nitro benzene ring substituents is 1. The highest BCUT2D eigenvalue weighted by molar-refractivity contribution is 5.56. The lowest BCUT2D eigenvalue weighted by Gasteiger charge is -2.06. The minimum atomic E-state index is -0.551. The number of hydrogen-bond acceptors (Lipinski definition) is 6. The van der Waals surface area contributed by atoms with Gasteiger partial charge in [0.05, 0.1) is 16.7 Å². The molecule has 2 N–H and O–H groups in total. The van der Waals surface area contributed by atoms with Crippen molar-refractivity contribution in [3.05, 3.63) is 67.6 Å². The third kappa shape index (κ3) is 2.38. The van der Waals surface area contributed by atoms with Gasteiger partial charge in [-0.1, -0.05) is 12.1 Å². The summed E-state index contributed by atoms with van der Waals surface area (Å²) >= 11 is 0. The summed E-state index contributed by atoms with van der Waals surface area (Å²) in [6.07, 6.45) is 1.30. The Morgan fingerprint density at radius 1 is 1.39 bits per heavy atom. The molecule has 0 atom stereocenters. The van der Waals surface area contributed by atoms with E-state index >= 15 is 0 Å². The number of aromatic nitrogens is 3. The lowest BCUT2D eigenvalue weighted by molar-refractivity contribution is -0.384. The predicted octanol–water partition coefficient (Wildman–Crippen LogP) is 1.10. The Morgan fingerprint density at radius 3 is 2.70 bits per heavy atom. The van der Waals surface area contributed by atoms with Crippen molar-refractivity contribution in [3.63, 3.8) is 0 Å². The van der Waals surface area contributed by atoms with Gasteiger partial charge in [-0.3, -0.25) is 14.9 Å². The molecule has 23 heavy (non-hydrogen) atoms. The largest absolute Gasteiger partial charge is 0.493 e. The van der Waals surface area contributed by atoms with Crippen LogP contribution in [-0.4, -0.2) is 24.6 Å². The van der Waals surface area contributed by atoms with Crippen LogP contribution in [0.5, 0.6) is 5.88 Å². The zero-order valence-electron chi connectivity index (χ0n) is 11.6. The van der Waals surface area contributed by atoms with E-state index in [1.807, 2.05) is 6.07 Å². The highest BCUT2D eigenvalue weighted by Gasteiger charge is 2.16. The highest BCUT2D eigenvalue weighted by Crippen LogP contribution is 2.20. The maximum Gasteiger partial charge on any atom is 0.269 e. The quantitative estimate of drug-likeness (QED) is 0.548. The number of aromatic hydroxyl groups is 1. The van der Waals surface area contributed by atoms with Crippen molar-refractivity contribution in [2.24, 2.45) is 0 Å². The van der Waals surface area contributed by atoms with Gasteiger partial charge in [-0.15, -0.1) is 0 Å². The number of aromatic amines is 1. The molecule has 0 aliphatic heterocycles. The number of rotatable bonds is 3. The van der Waals surface area contributed by atoms with Crippen molar-refractivity contribution in [3.8, 4) is 11.9 Å². The Hall–Kier alpha value is -3.67. The second-order valence-electron chi connectivity index (χ2n) is 4.79. The molecule has 0 aliphatic carbocycles. The van der Waals surface area contributed by atoms with E-state index in [1.54, 1.807) is 0 Å². The molecule has 114 valence electrons. The lowest BCUT2D eigenvalue weighted by atomic mass is 10.1. The van der Waals surface area contributed by atoms with Gasteiger partial charge in [0.25, 0.3) is 11.2 Å². The molecule has 2 aromatic heterocycles. The van der Waals surface area contributed by atoms with E-state index in [1.165, 1.54) is 30.5 Å². The molecule has 0 saturated heterocycles. The number of non-ortho nitro benzene ring substituents is 1. The molecule has 3 rings (SSSR count). The molecule has 0 amide bonds. The maximum absolute atomic E-state index is 12.1. The fraction of sp³-hybridized carbons (Fsp3) is 0.0714. The average Bonchev–Trinajstić information content (AvgIpc) is 2.94. The summed E-state index contributed by atoms with van der Waals surface area (Å²) in [6.45, 7) is 0. The van der Waals surface area contributed by atoms with Crippen LogP contribution in [-0.2, 0) is 6.42 Å². The predicted molar refractivity (Wildman–Crippen MR) is 78.1 cm³/mol. The summed E-state index contributed by atoms with van der Waals surface area (Å²) in [4.78, 5) is 24.7. The van der Waals surface area contributed by atoms with E-state index in [0.717, 1.165) is 4.52 Å². The Bertz CT molecular complexity index is 1010. The van der Waals surface area contributed by atoms with E-state index in [9.17, 15) is 20.0 Å². The van der Waals surface area contributed by atoms with E-state index < -0.39 is 10.5 Å². The summed E-state index contributed by atoms with van der Waals surface area (Å²) in [5.41, 5.74) is 0.308. The minimum Gasteiger partial charge on any atom is -0.493 e. The molecule has 0 bridgehead atoms. The first-order valence-corrected chi connectivity index (χ1v) is 6.46. The fourth-order valence-electron chi connectivity index (χ4n) is 2.22. The van der Waals surface area contributed by atoms with E-state index in [-0.39, 0.29) is 34.8 Å². The Balaban J connectivity index is 2.05. The first-order chi connectivity index (χ1) is 11.0. The Kier molecular flexibility index (Phi) is 3.27. The first kappa shape index (κ1) is 14.3. The zero-order chi connectivity index (χ0) is 16.6. The van der Waals surface area contributed by atoms with Crippen molar-refractivity contribution < 1.29 is 10.0 Å². The standard InChI is InChI=1S/C14H9N5O4/c15-6-9-7-16-18-12(9)17-13(20)11(14(18)21)5-8-1-3-10(4-2-8)19(22)23/h1-4,7,21H,5H2,(H,17,20). The smallest absolute Gasteiger partial charge is 0.269 e. The molecular weight excluding hydrogens is 302 g/mol. The van der Waals surface area contributed by atoms with Crippen LogP contribution in [0.15, 0.2) is 35.3 Å². The van der Waals surface area contributed by atoms with Crippen LogP contribution >= 0.6 is 0 Å². The Labute approximate surface area is 128 Å². The summed E-state index contributed by atoms with van der Waals surface area (Å²) in [6, 6.07) is 7.51. The molecule has 9 nitrogen and oxygen atoms in total. The van der Waals surface area contributed by atoms with E-state index in [2.05, 4.69) is 10.1 Å². The minimum absolute atomic E-state index is 0.0546. The van der Waals surface area contributed by atoms with Gasteiger partial charge in [-0.2, -0.15) is 14.9 Å². The van der Waals surface area contributed by atoms with Crippen LogP contribution in [0.3, 0.4) is 0 Å². The lowest BCUT2D eigenvalue weighted by Crippen LogP contribution is -2.16. The second-order valence-corrected chi connectivity index (χ2v) is 4.79. The van der Waals surface area contributed by atoms with Gasteiger partial charge in [-0.25, -0.2) is 0 Å². The van der Waals surface area contributed by atoms with Crippen LogP contribution in [0.2, 0.25) is 0 Å². The van der Waals surface area contributed by atoms with Crippen LogP contribution in [0.25, 0.3) is 5.65 Å².